The molecule has 1 aromatic carbocycles. The Morgan fingerprint density at radius 2 is 1.81 bits per heavy atom. The van der Waals surface area contributed by atoms with Crippen molar-refractivity contribution >= 4 is 23.8 Å². The molecular formula is C22H24N2O7. The van der Waals surface area contributed by atoms with E-state index >= 15 is 0 Å². The molecule has 0 fully saturated rings. The van der Waals surface area contributed by atoms with Crippen LogP contribution in [-0.4, -0.2) is 48.6 Å². The average Bonchev–Trinajstić information content (AvgIpc) is 2.80. The second-order valence-corrected chi connectivity index (χ2v) is 6.47. The second kappa shape index (κ2) is 12.7. The number of amides is 1. The van der Waals surface area contributed by atoms with Crippen molar-refractivity contribution in [3.8, 4) is 0 Å². The van der Waals surface area contributed by atoms with Crippen LogP contribution in [-0.2, 0) is 30.4 Å². The van der Waals surface area contributed by atoms with Crippen molar-refractivity contribution in [1.29, 1.82) is 0 Å². The van der Waals surface area contributed by atoms with Gasteiger partial charge in [-0.05, 0) is 24.1 Å². The summed E-state index contributed by atoms with van der Waals surface area (Å²) in [7, 11) is 1.14. The number of carbonyl (C=O) groups excluding carboxylic acids is 4. The number of alkyl carbamates (subject to hydrolysis) is 1. The van der Waals surface area contributed by atoms with E-state index in [-0.39, 0.29) is 25.4 Å². The van der Waals surface area contributed by atoms with Crippen LogP contribution in [0.5, 0.6) is 0 Å². The number of rotatable bonds is 11. The van der Waals surface area contributed by atoms with Crippen LogP contribution in [0.3, 0.4) is 0 Å². The molecule has 1 heterocycles. The molecular weight excluding hydrogens is 404 g/mol. The van der Waals surface area contributed by atoms with Crippen molar-refractivity contribution < 1.29 is 33.4 Å². The topological polar surface area (TPSA) is 121 Å². The van der Waals surface area contributed by atoms with Crippen LogP contribution in [0.15, 0.2) is 54.9 Å². The van der Waals surface area contributed by atoms with Crippen molar-refractivity contribution in [3.05, 3.63) is 66.0 Å². The molecule has 164 valence electrons. The number of carbonyl (C=O) groups is 4. The monoisotopic (exact) mass is 428 g/mol. The Morgan fingerprint density at radius 1 is 1.03 bits per heavy atom. The van der Waals surface area contributed by atoms with Crippen LogP contribution in [0, 0.1) is 0 Å². The highest BCUT2D eigenvalue weighted by atomic mass is 16.6. The fourth-order valence-electron chi connectivity index (χ4n) is 2.56. The molecule has 0 saturated heterocycles. The molecule has 9 heteroatoms. The van der Waals surface area contributed by atoms with Crippen LogP contribution in [0.4, 0.5) is 4.79 Å². The predicted octanol–water partition coefficient (Wildman–Crippen LogP) is 2.45. The van der Waals surface area contributed by atoms with E-state index in [0.717, 1.165) is 12.7 Å². The third-order valence-electron chi connectivity index (χ3n) is 4.16. The summed E-state index contributed by atoms with van der Waals surface area (Å²) in [5, 5.41) is 2.30. The van der Waals surface area contributed by atoms with Gasteiger partial charge in [-0.2, -0.15) is 0 Å². The molecule has 0 aliphatic heterocycles. The van der Waals surface area contributed by atoms with E-state index in [0.29, 0.717) is 12.0 Å². The smallest absolute Gasteiger partial charge is 0.408 e. The van der Waals surface area contributed by atoms with E-state index in [2.05, 4.69) is 15.0 Å². The minimum absolute atomic E-state index is 0.00280. The number of ketones is 1. The van der Waals surface area contributed by atoms with Crippen molar-refractivity contribution in [2.45, 2.75) is 31.9 Å². The maximum Gasteiger partial charge on any atom is 0.408 e. The number of benzene rings is 1. The third kappa shape index (κ3) is 8.65. The number of esters is 2. The van der Waals surface area contributed by atoms with E-state index in [1.807, 2.05) is 6.07 Å². The summed E-state index contributed by atoms with van der Waals surface area (Å²) in [6, 6.07) is 11.1. The molecule has 1 atom stereocenters. The van der Waals surface area contributed by atoms with Gasteiger partial charge in [0, 0.05) is 24.4 Å². The molecule has 2 rings (SSSR count). The van der Waals surface area contributed by atoms with Gasteiger partial charge in [0.15, 0.2) is 5.78 Å². The number of ether oxygens (including phenoxy) is 3. The second-order valence-electron chi connectivity index (χ2n) is 6.47. The molecule has 1 N–H and O–H groups in total. The summed E-state index contributed by atoms with van der Waals surface area (Å²) >= 11 is 0. The lowest BCUT2D eigenvalue weighted by Gasteiger charge is -2.16. The summed E-state index contributed by atoms with van der Waals surface area (Å²) in [6.45, 7) is 0.00710. The first-order chi connectivity index (χ1) is 15.0. The van der Waals surface area contributed by atoms with Crippen LogP contribution < -0.4 is 5.32 Å². The number of aromatic nitrogens is 1. The standard InChI is InChI=1S/C22H24N2O7/c1-29-21(27)18(24-22(28)31-15-16-7-3-2-4-8-16)13-20(26)30-12-6-10-19(25)17-9-5-11-23-14-17/h2-5,7-9,11,14,18H,6,10,12-13,15H2,1H3,(H,24,28)/t18-/m0/s1. The molecule has 0 bridgehead atoms. The van der Waals surface area contributed by atoms with Gasteiger partial charge < -0.3 is 19.5 Å². The number of pyridine rings is 1. The van der Waals surface area contributed by atoms with Gasteiger partial charge in [0.1, 0.15) is 12.6 Å². The van der Waals surface area contributed by atoms with Crippen molar-refractivity contribution in [3.63, 3.8) is 0 Å². The molecule has 0 saturated carbocycles. The molecule has 1 amide bonds. The number of nitrogens with one attached hydrogen (secondary N) is 1. The largest absolute Gasteiger partial charge is 0.467 e. The Balaban J connectivity index is 1.73. The number of methoxy groups -OCH3 is 1. The predicted molar refractivity (Wildman–Crippen MR) is 109 cm³/mol. The molecule has 0 unspecified atom stereocenters. The molecule has 0 aliphatic rings. The summed E-state index contributed by atoms with van der Waals surface area (Å²) < 4.78 is 14.7. The van der Waals surface area contributed by atoms with E-state index in [1.54, 1.807) is 42.6 Å². The first-order valence-corrected chi connectivity index (χ1v) is 9.63. The zero-order valence-corrected chi connectivity index (χ0v) is 17.1. The Bertz CT molecular complexity index is 872. The highest BCUT2D eigenvalue weighted by molar-refractivity contribution is 5.95. The fraction of sp³-hybridized carbons (Fsp3) is 0.318. The summed E-state index contributed by atoms with van der Waals surface area (Å²) in [4.78, 5) is 51.7. The number of nitrogens with zero attached hydrogens (tertiary/aromatic N) is 1. The highest BCUT2D eigenvalue weighted by Gasteiger charge is 2.26. The first-order valence-electron chi connectivity index (χ1n) is 9.63. The number of hydrogen-bond donors (Lipinski definition) is 1. The van der Waals surface area contributed by atoms with Crippen LogP contribution >= 0.6 is 0 Å². The molecule has 0 spiro atoms. The molecule has 31 heavy (non-hydrogen) atoms. The Labute approximate surface area is 179 Å². The maximum absolute atomic E-state index is 12.0. The van der Waals surface area contributed by atoms with Gasteiger partial charge >= 0.3 is 18.0 Å². The van der Waals surface area contributed by atoms with Crippen molar-refractivity contribution in [2.24, 2.45) is 0 Å². The van der Waals surface area contributed by atoms with Gasteiger partial charge in [0.25, 0.3) is 0 Å². The first kappa shape index (κ1) is 23.5. The van der Waals surface area contributed by atoms with Gasteiger partial charge in [-0.15, -0.1) is 0 Å². The average molecular weight is 428 g/mol. The van der Waals surface area contributed by atoms with Gasteiger partial charge in [-0.25, -0.2) is 9.59 Å². The van der Waals surface area contributed by atoms with Gasteiger partial charge in [-0.3, -0.25) is 14.6 Å². The SMILES string of the molecule is COC(=O)[C@H](CC(=O)OCCCC(=O)c1cccnc1)NC(=O)OCc1ccccc1. The molecule has 1 aromatic heterocycles. The van der Waals surface area contributed by atoms with E-state index in [4.69, 9.17) is 9.47 Å². The summed E-state index contributed by atoms with van der Waals surface area (Å²) in [5.41, 5.74) is 1.25. The quantitative estimate of drug-likeness (QED) is 0.251. The van der Waals surface area contributed by atoms with Crippen LogP contribution in [0.25, 0.3) is 0 Å². The number of Topliss-reactive ketones (excluding diaryl/α,β-unsaturated/α-hetero) is 1. The molecule has 2 aromatic rings. The number of hydrogen-bond acceptors (Lipinski definition) is 8. The zero-order valence-electron chi connectivity index (χ0n) is 17.1. The minimum atomic E-state index is -1.25. The van der Waals surface area contributed by atoms with Crippen molar-refractivity contribution in [1.82, 2.24) is 10.3 Å². The highest BCUT2D eigenvalue weighted by Crippen LogP contribution is 2.06. The lowest BCUT2D eigenvalue weighted by atomic mass is 10.1. The normalized spacial score (nSPS) is 11.1. The molecule has 0 aliphatic carbocycles. The van der Waals surface area contributed by atoms with Crippen LogP contribution in [0.1, 0.15) is 35.2 Å². The Hall–Kier alpha value is -3.75. The summed E-state index contributed by atoms with van der Waals surface area (Å²) in [5.74, 6) is -1.63. The van der Waals surface area contributed by atoms with E-state index in [1.165, 1.54) is 6.20 Å². The maximum atomic E-state index is 12.0. The Kier molecular flexibility index (Phi) is 9.67. The van der Waals surface area contributed by atoms with E-state index in [9.17, 15) is 19.2 Å². The van der Waals surface area contributed by atoms with Crippen molar-refractivity contribution in [2.75, 3.05) is 13.7 Å². The minimum Gasteiger partial charge on any atom is -0.467 e. The fourth-order valence-corrected chi connectivity index (χ4v) is 2.56. The lowest BCUT2D eigenvalue weighted by molar-refractivity contribution is -0.151. The van der Waals surface area contributed by atoms with Crippen LogP contribution in [0.2, 0.25) is 0 Å². The Morgan fingerprint density at radius 3 is 2.48 bits per heavy atom. The van der Waals surface area contributed by atoms with E-state index < -0.39 is 30.5 Å². The van der Waals surface area contributed by atoms with Gasteiger partial charge in [-0.1, -0.05) is 30.3 Å². The zero-order chi connectivity index (χ0) is 22.5. The lowest BCUT2D eigenvalue weighted by Crippen LogP contribution is -2.43. The molecule has 9 nitrogen and oxygen atoms in total. The molecule has 0 radical (unpaired) electrons. The van der Waals surface area contributed by atoms with Gasteiger partial charge in [0.2, 0.25) is 0 Å². The third-order valence-corrected chi connectivity index (χ3v) is 4.16. The summed E-state index contributed by atoms with van der Waals surface area (Å²) in [6.07, 6.45) is 2.25. The van der Waals surface area contributed by atoms with Gasteiger partial charge in [0.05, 0.1) is 20.1 Å².